The minimum absolute atomic E-state index is 0.0327. The van der Waals surface area contributed by atoms with Crippen molar-refractivity contribution in [2.45, 2.75) is 43.0 Å². The molecule has 2 heterocycles. The van der Waals surface area contributed by atoms with Crippen molar-refractivity contribution in [2.75, 3.05) is 12.8 Å². The van der Waals surface area contributed by atoms with Crippen molar-refractivity contribution >= 4 is 23.7 Å². The van der Waals surface area contributed by atoms with E-state index in [9.17, 15) is 9.59 Å². The van der Waals surface area contributed by atoms with E-state index < -0.39 is 0 Å². The average Bonchev–Trinajstić information content (AvgIpc) is 2.85. The lowest BCUT2D eigenvalue weighted by Gasteiger charge is -2.16. The highest BCUT2D eigenvalue weighted by atomic mass is 32.2. The van der Waals surface area contributed by atoms with Gasteiger partial charge in [0.2, 0.25) is 5.91 Å². The molecule has 3 atom stereocenters. The van der Waals surface area contributed by atoms with E-state index in [-0.39, 0.29) is 18.0 Å². The molecule has 2 aliphatic rings. The summed E-state index contributed by atoms with van der Waals surface area (Å²) in [6, 6.07) is 0.525. The molecule has 102 valence electrons. The molecule has 0 bridgehead atoms. The third-order valence-corrected chi connectivity index (χ3v) is 4.85. The van der Waals surface area contributed by atoms with E-state index in [1.807, 2.05) is 11.8 Å². The van der Waals surface area contributed by atoms with Crippen molar-refractivity contribution in [1.82, 2.24) is 21.5 Å². The molecule has 0 aliphatic carbocycles. The lowest BCUT2D eigenvalue weighted by molar-refractivity contribution is -0.122. The fourth-order valence-electron chi connectivity index (χ4n) is 2.48. The van der Waals surface area contributed by atoms with Gasteiger partial charge in [-0.25, -0.2) is 10.2 Å². The molecule has 0 aromatic heterocycles. The van der Waals surface area contributed by atoms with Crippen molar-refractivity contribution in [3.8, 4) is 0 Å². The Morgan fingerprint density at radius 1 is 1.44 bits per heavy atom. The lowest BCUT2D eigenvalue weighted by atomic mass is 10.0. The van der Waals surface area contributed by atoms with E-state index in [4.69, 9.17) is 0 Å². The van der Waals surface area contributed by atoms with Crippen LogP contribution in [-0.4, -0.2) is 42.1 Å². The van der Waals surface area contributed by atoms with Gasteiger partial charge in [-0.05, 0) is 12.8 Å². The summed E-state index contributed by atoms with van der Waals surface area (Å²) < 4.78 is 0. The molecule has 18 heavy (non-hydrogen) atoms. The predicted octanol–water partition coefficient (Wildman–Crippen LogP) is -0.0372. The first-order valence-electron chi connectivity index (χ1n) is 6.35. The van der Waals surface area contributed by atoms with Crippen molar-refractivity contribution in [3.63, 3.8) is 0 Å². The number of unbranched alkanes of at least 4 members (excludes halogenated alkanes) is 1. The SMILES string of the molecule is CNNC(=O)CCCCC1SCC2NC(=O)NC21. The first kappa shape index (κ1) is 13.5. The standard InChI is InChI=1S/C11H20N4O2S/c1-12-15-9(16)5-3-2-4-8-10-7(6-18-8)13-11(17)14-10/h7-8,10,12H,2-6H2,1H3,(H,15,16)(H2,13,14,17). The molecule has 2 aliphatic heterocycles. The molecule has 0 radical (unpaired) electrons. The van der Waals surface area contributed by atoms with E-state index in [0.717, 1.165) is 25.0 Å². The third-order valence-electron chi connectivity index (χ3n) is 3.35. The van der Waals surface area contributed by atoms with E-state index in [0.29, 0.717) is 17.7 Å². The maximum atomic E-state index is 11.2. The number of amides is 3. The van der Waals surface area contributed by atoms with Crippen LogP contribution in [0.4, 0.5) is 4.79 Å². The summed E-state index contributed by atoms with van der Waals surface area (Å²) in [5.41, 5.74) is 5.18. The number of rotatable bonds is 6. The topological polar surface area (TPSA) is 82.3 Å². The van der Waals surface area contributed by atoms with Gasteiger partial charge >= 0.3 is 6.03 Å². The number of carbonyl (C=O) groups excluding carboxylic acids is 2. The Kier molecular flexibility index (Phi) is 4.71. The number of hydrogen-bond donors (Lipinski definition) is 4. The molecule has 6 nitrogen and oxygen atoms in total. The Bertz CT molecular complexity index is 326. The monoisotopic (exact) mass is 272 g/mol. The molecule has 0 aromatic carbocycles. The minimum Gasteiger partial charge on any atom is -0.332 e. The third kappa shape index (κ3) is 3.29. The number of hydrazine groups is 1. The van der Waals surface area contributed by atoms with Gasteiger partial charge in [0.25, 0.3) is 0 Å². The molecule has 3 unspecified atom stereocenters. The molecule has 2 rings (SSSR count). The fourth-order valence-corrected chi connectivity index (χ4v) is 4.02. The number of carbonyl (C=O) groups is 2. The average molecular weight is 272 g/mol. The quantitative estimate of drug-likeness (QED) is 0.311. The van der Waals surface area contributed by atoms with E-state index in [2.05, 4.69) is 21.5 Å². The van der Waals surface area contributed by atoms with Gasteiger partial charge in [0.15, 0.2) is 0 Å². The van der Waals surface area contributed by atoms with Crippen LogP contribution in [-0.2, 0) is 4.79 Å². The lowest BCUT2D eigenvalue weighted by Crippen LogP contribution is -2.36. The van der Waals surface area contributed by atoms with Crippen LogP contribution in [0.15, 0.2) is 0 Å². The highest BCUT2D eigenvalue weighted by Gasteiger charge is 2.42. The van der Waals surface area contributed by atoms with Crippen molar-refractivity contribution < 1.29 is 9.59 Å². The predicted molar refractivity (Wildman–Crippen MR) is 71.2 cm³/mol. The van der Waals surface area contributed by atoms with Crippen LogP contribution in [0.25, 0.3) is 0 Å². The number of thioether (sulfide) groups is 1. The van der Waals surface area contributed by atoms with Crippen molar-refractivity contribution in [2.24, 2.45) is 0 Å². The highest BCUT2D eigenvalue weighted by molar-refractivity contribution is 8.00. The normalized spacial score (nSPS) is 29.6. The van der Waals surface area contributed by atoms with Gasteiger partial charge in [0.1, 0.15) is 0 Å². The van der Waals surface area contributed by atoms with Crippen LogP contribution in [0, 0.1) is 0 Å². The summed E-state index contributed by atoms with van der Waals surface area (Å²) in [6.45, 7) is 0. The molecule has 4 N–H and O–H groups in total. The van der Waals surface area contributed by atoms with Gasteiger partial charge in [-0.15, -0.1) is 0 Å². The van der Waals surface area contributed by atoms with Gasteiger partial charge < -0.3 is 10.6 Å². The summed E-state index contributed by atoms with van der Waals surface area (Å²) in [5, 5.41) is 6.39. The number of fused-ring (bicyclic) bond motifs is 1. The molecule has 2 fully saturated rings. The van der Waals surface area contributed by atoms with Gasteiger partial charge in [0, 0.05) is 24.5 Å². The highest BCUT2D eigenvalue weighted by Crippen LogP contribution is 2.33. The second kappa shape index (κ2) is 6.29. The zero-order valence-corrected chi connectivity index (χ0v) is 11.3. The summed E-state index contributed by atoms with van der Waals surface area (Å²) in [5.74, 6) is 1.03. The first-order valence-corrected chi connectivity index (χ1v) is 7.40. The van der Waals surface area contributed by atoms with Gasteiger partial charge in [-0.1, -0.05) is 6.42 Å². The molecular weight excluding hydrogens is 252 g/mol. The fraction of sp³-hybridized carbons (Fsp3) is 0.818. The molecule has 7 heteroatoms. The zero-order chi connectivity index (χ0) is 13.0. The van der Waals surface area contributed by atoms with Crippen LogP contribution in [0.5, 0.6) is 0 Å². The Hall–Kier alpha value is -0.950. The summed E-state index contributed by atoms with van der Waals surface area (Å²) in [7, 11) is 1.68. The van der Waals surface area contributed by atoms with E-state index in [1.54, 1.807) is 7.05 Å². The Balaban J connectivity index is 1.62. The number of nitrogens with one attached hydrogen (secondary N) is 4. The van der Waals surface area contributed by atoms with E-state index in [1.165, 1.54) is 0 Å². The molecule has 2 saturated heterocycles. The number of urea groups is 1. The number of hydrogen-bond acceptors (Lipinski definition) is 4. The maximum Gasteiger partial charge on any atom is 0.315 e. The smallest absolute Gasteiger partial charge is 0.315 e. The molecule has 3 amide bonds. The van der Waals surface area contributed by atoms with Crippen LogP contribution in [0.1, 0.15) is 25.7 Å². The van der Waals surface area contributed by atoms with Crippen LogP contribution in [0.3, 0.4) is 0 Å². The van der Waals surface area contributed by atoms with Gasteiger partial charge in [0.05, 0.1) is 12.1 Å². The molecule has 0 spiro atoms. The Morgan fingerprint density at radius 3 is 3.06 bits per heavy atom. The summed E-state index contributed by atoms with van der Waals surface area (Å²) in [6.07, 6.45) is 3.52. The van der Waals surface area contributed by atoms with Crippen LogP contribution in [0.2, 0.25) is 0 Å². The summed E-state index contributed by atoms with van der Waals surface area (Å²) in [4.78, 5) is 22.4. The zero-order valence-electron chi connectivity index (χ0n) is 10.5. The van der Waals surface area contributed by atoms with Crippen molar-refractivity contribution in [1.29, 1.82) is 0 Å². The van der Waals surface area contributed by atoms with Crippen LogP contribution < -0.4 is 21.5 Å². The Labute approximate surface area is 111 Å². The maximum absolute atomic E-state index is 11.2. The second-order valence-electron chi connectivity index (χ2n) is 4.67. The largest absolute Gasteiger partial charge is 0.332 e. The van der Waals surface area contributed by atoms with Crippen LogP contribution >= 0.6 is 11.8 Å². The minimum atomic E-state index is -0.0382. The molecule has 0 saturated carbocycles. The molecule has 0 aromatic rings. The van der Waals surface area contributed by atoms with Gasteiger partial charge in [-0.3, -0.25) is 10.2 Å². The first-order chi connectivity index (χ1) is 8.70. The molecular formula is C11H20N4O2S. The summed E-state index contributed by atoms with van der Waals surface area (Å²) >= 11 is 1.92. The van der Waals surface area contributed by atoms with E-state index >= 15 is 0 Å². The van der Waals surface area contributed by atoms with Gasteiger partial charge in [-0.2, -0.15) is 11.8 Å². The second-order valence-corrected chi connectivity index (χ2v) is 5.94. The Morgan fingerprint density at radius 2 is 2.28 bits per heavy atom. The van der Waals surface area contributed by atoms with Crippen molar-refractivity contribution in [3.05, 3.63) is 0 Å².